The zero-order valence-electron chi connectivity index (χ0n) is 20.0. The second-order valence-electron chi connectivity index (χ2n) is 9.45. The maximum absolute atomic E-state index is 13.2. The van der Waals surface area contributed by atoms with E-state index in [0.29, 0.717) is 12.1 Å². The molecule has 6 nitrogen and oxygen atoms in total. The maximum Gasteiger partial charge on any atom is 0.167 e. The van der Waals surface area contributed by atoms with E-state index in [2.05, 4.69) is 20.9 Å². The Morgan fingerprint density at radius 2 is 1.88 bits per heavy atom. The Morgan fingerprint density at radius 3 is 2.62 bits per heavy atom. The van der Waals surface area contributed by atoms with E-state index in [1.165, 1.54) is 0 Å². The fourth-order valence-corrected chi connectivity index (χ4v) is 4.63. The van der Waals surface area contributed by atoms with Crippen LogP contribution in [0, 0.1) is 25.2 Å². The predicted molar refractivity (Wildman–Crippen MR) is 135 cm³/mol. The highest BCUT2D eigenvalue weighted by Crippen LogP contribution is 2.35. The molecule has 4 aromatic rings. The molecule has 0 aliphatic rings. The molecule has 0 saturated carbocycles. The number of aromatic nitrogens is 2. The highest BCUT2D eigenvalue weighted by molar-refractivity contribution is 7.90. The predicted octanol–water partition coefficient (Wildman–Crippen LogP) is 5.71. The van der Waals surface area contributed by atoms with Crippen LogP contribution in [0.1, 0.15) is 54.9 Å². The van der Waals surface area contributed by atoms with E-state index in [1.54, 1.807) is 6.07 Å². The van der Waals surface area contributed by atoms with E-state index in [-0.39, 0.29) is 6.04 Å². The fourth-order valence-electron chi connectivity index (χ4n) is 3.81. The number of nitrogens with one attached hydrogen (secondary N) is 1. The molecule has 4 rings (SSSR count). The number of rotatable bonds is 6. The van der Waals surface area contributed by atoms with Gasteiger partial charge in [0.25, 0.3) is 0 Å². The molecule has 174 valence electrons. The van der Waals surface area contributed by atoms with Gasteiger partial charge >= 0.3 is 0 Å². The molecule has 34 heavy (non-hydrogen) atoms. The average Bonchev–Trinajstić information content (AvgIpc) is 3.22. The molecule has 0 spiro atoms. The summed E-state index contributed by atoms with van der Waals surface area (Å²) >= 11 is -1.33. The molecule has 0 radical (unpaired) electrons. The largest absolute Gasteiger partial charge is 0.598 e. The summed E-state index contributed by atoms with van der Waals surface area (Å²) in [6.45, 7) is 9.80. The van der Waals surface area contributed by atoms with Crippen LogP contribution < -0.4 is 4.72 Å². The van der Waals surface area contributed by atoms with Crippen molar-refractivity contribution in [2.45, 2.75) is 51.8 Å². The Kier molecular flexibility index (Phi) is 6.76. The standard InChI is InChI=1S/C27H28N4O2S/c1-17-10-13-22-25(14-17)33-30-26(22)21-9-7-6-8-20(21)24(31-34(32)27(3,4)5)15-23-18(2)11-12-19(16-28)29-23/h6-14,24,31H,15H2,1-5H3/t24-,34?/m0/s1. The molecule has 7 heteroatoms. The number of nitrogens with zero attached hydrogens (tertiary/aromatic N) is 3. The summed E-state index contributed by atoms with van der Waals surface area (Å²) in [5.41, 5.74) is 6.55. The highest BCUT2D eigenvalue weighted by atomic mass is 32.2. The van der Waals surface area contributed by atoms with Gasteiger partial charge in [0.2, 0.25) is 0 Å². The van der Waals surface area contributed by atoms with Crippen molar-refractivity contribution < 1.29 is 9.08 Å². The van der Waals surface area contributed by atoms with Crippen LogP contribution in [0.5, 0.6) is 0 Å². The lowest BCUT2D eigenvalue weighted by Crippen LogP contribution is -2.42. The summed E-state index contributed by atoms with van der Waals surface area (Å²) in [5.74, 6) is 0. The smallest absolute Gasteiger partial charge is 0.167 e. The lowest BCUT2D eigenvalue weighted by molar-refractivity contribution is 0.459. The molecule has 0 saturated heterocycles. The molecule has 2 aromatic carbocycles. The first kappa shape index (κ1) is 24.0. The Bertz CT molecular complexity index is 1370. The highest BCUT2D eigenvalue weighted by Gasteiger charge is 2.32. The SMILES string of the molecule is Cc1ccc2c(-c3ccccc3[C@H](Cc3nc(C#N)ccc3C)N[S+]([O-])C(C)(C)C)noc2c1. The third-order valence-electron chi connectivity index (χ3n) is 5.74. The molecule has 1 unspecified atom stereocenters. The fraction of sp³-hybridized carbons (Fsp3) is 0.296. The number of pyridine rings is 1. The van der Waals surface area contributed by atoms with Crippen LogP contribution in [0.15, 0.2) is 59.1 Å². The van der Waals surface area contributed by atoms with Crippen LogP contribution in [-0.2, 0) is 17.8 Å². The number of hydrogen-bond donors (Lipinski definition) is 1. The van der Waals surface area contributed by atoms with Crippen LogP contribution in [0.3, 0.4) is 0 Å². The van der Waals surface area contributed by atoms with Gasteiger partial charge in [0.15, 0.2) is 5.58 Å². The topological polar surface area (TPSA) is 97.8 Å². The number of nitriles is 1. The first-order valence-corrected chi connectivity index (χ1v) is 12.3. The van der Waals surface area contributed by atoms with Crippen molar-refractivity contribution in [2.24, 2.45) is 0 Å². The second-order valence-corrected chi connectivity index (χ2v) is 11.4. The molecule has 0 aliphatic heterocycles. The third kappa shape index (κ3) is 5.00. The van der Waals surface area contributed by atoms with Crippen LogP contribution in [0.2, 0.25) is 0 Å². The molecule has 2 heterocycles. The van der Waals surface area contributed by atoms with Crippen molar-refractivity contribution in [3.63, 3.8) is 0 Å². The normalized spacial score (nSPS) is 13.6. The van der Waals surface area contributed by atoms with E-state index in [9.17, 15) is 9.81 Å². The minimum Gasteiger partial charge on any atom is -0.598 e. The monoisotopic (exact) mass is 472 g/mol. The van der Waals surface area contributed by atoms with E-state index in [0.717, 1.165) is 44.6 Å². The van der Waals surface area contributed by atoms with Crippen molar-refractivity contribution in [3.8, 4) is 17.3 Å². The summed E-state index contributed by atoms with van der Waals surface area (Å²) in [5, 5.41) is 14.7. The van der Waals surface area contributed by atoms with Crippen molar-refractivity contribution in [1.29, 1.82) is 5.26 Å². The molecule has 2 atom stereocenters. The van der Waals surface area contributed by atoms with Crippen LogP contribution in [-0.4, -0.2) is 19.4 Å². The van der Waals surface area contributed by atoms with Crippen molar-refractivity contribution in [2.75, 3.05) is 0 Å². The second kappa shape index (κ2) is 9.59. The lowest BCUT2D eigenvalue weighted by atomic mass is 9.93. The molecule has 0 aliphatic carbocycles. The van der Waals surface area contributed by atoms with Gasteiger partial charge in [0.05, 0.1) is 6.04 Å². The molecule has 0 amide bonds. The van der Waals surface area contributed by atoms with Crippen LogP contribution in [0.25, 0.3) is 22.2 Å². The van der Waals surface area contributed by atoms with Gasteiger partial charge in [-0.15, -0.1) is 4.72 Å². The quantitative estimate of drug-likeness (QED) is 0.361. The Hall–Kier alpha value is -3.18. The zero-order chi connectivity index (χ0) is 24.5. The van der Waals surface area contributed by atoms with Crippen molar-refractivity contribution in [3.05, 3.63) is 82.7 Å². The van der Waals surface area contributed by atoms with E-state index in [4.69, 9.17) is 4.52 Å². The summed E-state index contributed by atoms with van der Waals surface area (Å²) in [4.78, 5) is 4.54. The van der Waals surface area contributed by atoms with Crippen LogP contribution in [0.4, 0.5) is 0 Å². The van der Waals surface area contributed by atoms with E-state index >= 15 is 0 Å². The summed E-state index contributed by atoms with van der Waals surface area (Å²) in [6.07, 6.45) is 0.467. The Labute approximate surface area is 203 Å². The number of benzene rings is 2. The number of aryl methyl sites for hydroxylation is 2. The summed E-state index contributed by atoms with van der Waals surface area (Å²) in [7, 11) is 0. The van der Waals surface area contributed by atoms with E-state index in [1.807, 2.05) is 83.1 Å². The van der Waals surface area contributed by atoms with Gasteiger partial charge in [-0.3, -0.25) is 0 Å². The average molecular weight is 473 g/mol. The molecule has 1 N–H and O–H groups in total. The minimum atomic E-state index is -1.33. The van der Waals surface area contributed by atoms with Crippen molar-refractivity contribution >= 4 is 22.3 Å². The molecule has 2 aromatic heterocycles. The minimum absolute atomic E-state index is 0.325. The number of hydrogen-bond acceptors (Lipinski definition) is 6. The Balaban J connectivity index is 1.83. The first-order valence-electron chi connectivity index (χ1n) is 11.2. The zero-order valence-corrected chi connectivity index (χ0v) is 20.9. The van der Waals surface area contributed by atoms with Gasteiger partial charge in [0.1, 0.15) is 22.2 Å². The van der Waals surface area contributed by atoms with Gasteiger partial charge in [-0.05, 0) is 69.5 Å². The van der Waals surface area contributed by atoms with Crippen molar-refractivity contribution in [1.82, 2.24) is 14.9 Å². The molecule has 0 bridgehead atoms. The first-order chi connectivity index (χ1) is 16.2. The maximum atomic E-state index is 13.2. The van der Waals surface area contributed by atoms with Gasteiger partial charge in [-0.1, -0.05) is 41.6 Å². The summed E-state index contributed by atoms with van der Waals surface area (Å²) in [6, 6.07) is 19.4. The van der Waals surface area contributed by atoms with Gasteiger partial charge < -0.3 is 9.08 Å². The van der Waals surface area contributed by atoms with Gasteiger partial charge in [-0.25, -0.2) is 4.98 Å². The molecule has 0 fully saturated rings. The Morgan fingerprint density at radius 1 is 1.12 bits per heavy atom. The lowest BCUT2D eigenvalue weighted by Gasteiger charge is -2.29. The summed E-state index contributed by atoms with van der Waals surface area (Å²) < 4.78 is 21.7. The van der Waals surface area contributed by atoms with Gasteiger partial charge in [0, 0.05) is 34.4 Å². The third-order valence-corrected chi connectivity index (χ3v) is 7.35. The van der Waals surface area contributed by atoms with Crippen LogP contribution >= 0.6 is 0 Å². The van der Waals surface area contributed by atoms with Gasteiger partial charge in [-0.2, -0.15) is 5.26 Å². The van der Waals surface area contributed by atoms with E-state index < -0.39 is 16.1 Å². The molecular weight excluding hydrogens is 444 g/mol. The molecular formula is C27H28N4O2S. The number of fused-ring (bicyclic) bond motifs is 1.